The molecule has 1 amide bonds. The minimum atomic E-state index is -0.225. The molecular formula is C19H21N3O3. The Balaban J connectivity index is 1.48. The van der Waals surface area contributed by atoms with Gasteiger partial charge < -0.3 is 14.5 Å². The summed E-state index contributed by atoms with van der Waals surface area (Å²) < 4.78 is 10.2. The molecule has 1 atom stereocenters. The lowest BCUT2D eigenvalue weighted by molar-refractivity contribution is 0.0913. The molecule has 0 radical (unpaired) electrons. The van der Waals surface area contributed by atoms with Gasteiger partial charge in [-0.1, -0.05) is 18.2 Å². The zero-order valence-corrected chi connectivity index (χ0v) is 14.2. The number of carbonyl (C=O) groups is 1. The summed E-state index contributed by atoms with van der Waals surface area (Å²) in [6.07, 6.45) is 1.02. The van der Waals surface area contributed by atoms with Gasteiger partial charge in [0, 0.05) is 25.7 Å². The Kier molecular flexibility index (Phi) is 5.36. The molecule has 1 fully saturated rings. The molecule has 0 spiro atoms. The summed E-state index contributed by atoms with van der Waals surface area (Å²) in [4.78, 5) is 14.4. The molecule has 0 bridgehead atoms. The summed E-state index contributed by atoms with van der Waals surface area (Å²) in [5.74, 6) is 0.759. The minimum Gasteiger partial charge on any atom is -0.468 e. The van der Waals surface area contributed by atoms with E-state index in [9.17, 15) is 10.1 Å². The maximum atomic E-state index is 12.1. The molecule has 1 N–H and O–H groups in total. The second-order valence-electron chi connectivity index (χ2n) is 6.19. The normalized spacial score (nSPS) is 17.2. The van der Waals surface area contributed by atoms with Crippen molar-refractivity contribution in [3.05, 3.63) is 53.3 Å². The van der Waals surface area contributed by atoms with E-state index >= 15 is 0 Å². The summed E-state index contributed by atoms with van der Waals surface area (Å²) in [5, 5.41) is 12.1. The zero-order valence-electron chi connectivity index (χ0n) is 14.2. The van der Waals surface area contributed by atoms with Gasteiger partial charge in [-0.2, -0.15) is 5.26 Å². The van der Waals surface area contributed by atoms with E-state index in [4.69, 9.17) is 9.15 Å². The van der Waals surface area contributed by atoms with Crippen LogP contribution in [0.25, 0.3) is 0 Å². The van der Waals surface area contributed by atoms with E-state index in [0.717, 1.165) is 37.2 Å². The molecule has 6 heteroatoms. The molecule has 130 valence electrons. The Bertz CT molecular complexity index is 778. The van der Waals surface area contributed by atoms with E-state index in [0.29, 0.717) is 18.4 Å². The molecule has 1 saturated heterocycles. The number of amides is 1. The average Bonchev–Trinajstić information content (AvgIpc) is 3.29. The number of hydrogen-bond acceptors (Lipinski definition) is 5. The maximum Gasteiger partial charge on any atom is 0.287 e. The third kappa shape index (κ3) is 4.20. The Morgan fingerprint density at radius 2 is 2.24 bits per heavy atom. The van der Waals surface area contributed by atoms with Crippen molar-refractivity contribution in [3.63, 3.8) is 0 Å². The van der Waals surface area contributed by atoms with E-state index < -0.39 is 0 Å². The van der Waals surface area contributed by atoms with E-state index in [1.165, 1.54) is 7.11 Å². The first kappa shape index (κ1) is 17.1. The van der Waals surface area contributed by atoms with Crippen molar-refractivity contribution >= 4 is 5.91 Å². The van der Waals surface area contributed by atoms with Crippen LogP contribution in [0.1, 0.15) is 28.1 Å². The van der Waals surface area contributed by atoms with Gasteiger partial charge in [-0.3, -0.25) is 9.69 Å². The Hall–Kier alpha value is -2.78. The van der Waals surface area contributed by atoms with Crippen LogP contribution in [-0.4, -0.2) is 37.6 Å². The molecule has 2 aromatic rings. The topological polar surface area (TPSA) is 78.5 Å². The largest absolute Gasteiger partial charge is 0.468 e. The molecule has 25 heavy (non-hydrogen) atoms. The number of benzene rings is 1. The van der Waals surface area contributed by atoms with E-state index in [2.05, 4.69) is 16.3 Å². The van der Waals surface area contributed by atoms with Crippen LogP contribution in [0.4, 0.5) is 0 Å². The molecule has 1 aromatic heterocycles. The van der Waals surface area contributed by atoms with Crippen LogP contribution in [0.15, 0.2) is 40.8 Å². The third-order valence-electron chi connectivity index (χ3n) is 4.46. The van der Waals surface area contributed by atoms with Gasteiger partial charge in [0.15, 0.2) is 5.76 Å². The number of rotatable bonds is 6. The van der Waals surface area contributed by atoms with Crippen molar-refractivity contribution in [1.82, 2.24) is 10.2 Å². The van der Waals surface area contributed by atoms with Crippen LogP contribution in [0.3, 0.4) is 0 Å². The highest BCUT2D eigenvalue weighted by Gasteiger charge is 2.24. The van der Waals surface area contributed by atoms with Crippen molar-refractivity contribution in [1.29, 1.82) is 5.26 Å². The standard InChI is InChI=1S/C19H21N3O3/c1-24-18-7-6-17(25-18)19(23)21-11-14-8-9-22(12-14)13-16-5-3-2-4-15(16)10-20/h2-7,14H,8-9,11-13H2,1H3,(H,21,23)/t14-/m0/s1. The van der Waals surface area contributed by atoms with Gasteiger partial charge in [0.2, 0.25) is 0 Å². The first-order chi connectivity index (χ1) is 12.2. The Morgan fingerprint density at radius 1 is 1.40 bits per heavy atom. The van der Waals surface area contributed by atoms with Crippen LogP contribution in [-0.2, 0) is 6.54 Å². The van der Waals surface area contributed by atoms with Crippen molar-refractivity contribution in [2.45, 2.75) is 13.0 Å². The fourth-order valence-electron chi connectivity index (χ4n) is 3.11. The van der Waals surface area contributed by atoms with Gasteiger partial charge in [-0.25, -0.2) is 0 Å². The molecule has 6 nitrogen and oxygen atoms in total. The second kappa shape index (κ2) is 7.86. The smallest absolute Gasteiger partial charge is 0.287 e. The zero-order chi connectivity index (χ0) is 17.6. The van der Waals surface area contributed by atoms with E-state index in [1.807, 2.05) is 24.3 Å². The van der Waals surface area contributed by atoms with E-state index in [1.54, 1.807) is 12.1 Å². The van der Waals surface area contributed by atoms with Crippen LogP contribution in [0, 0.1) is 17.2 Å². The maximum absolute atomic E-state index is 12.1. The summed E-state index contributed by atoms with van der Waals surface area (Å²) >= 11 is 0. The predicted octanol–water partition coefficient (Wildman–Crippen LogP) is 2.41. The number of nitriles is 1. The van der Waals surface area contributed by atoms with Crippen LogP contribution in [0.2, 0.25) is 0 Å². The fourth-order valence-corrected chi connectivity index (χ4v) is 3.11. The number of hydrogen-bond donors (Lipinski definition) is 1. The lowest BCUT2D eigenvalue weighted by Crippen LogP contribution is -2.30. The van der Waals surface area contributed by atoms with Gasteiger partial charge in [0.1, 0.15) is 0 Å². The molecule has 1 aliphatic rings. The monoisotopic (exact) mass is 339 g/mol. The number of carbonyl (C=O) groups excluding carboxylic acids is 1. The molecule has 0 unspecified atom stereocenters. The SMILES string of the molecule is COc1ccc(C(=O)NC[C@@H]2CCN(Cc3ccccc3C#N)C2)o1. The Labute approximate surface area is 147 Å². The van der Waals surface area contributed by atoms with Crippen molar-refractivity contribution in [2.75, 3.05) is 26.7 Å². The van der Waals surface area contributed by atoms with Gasteiger partial charge >= 0.3 is 0 Å². The molecule has 3 rings (SSSR count). The van der Waals surface area contributed by atoms with Crippen molar-refractivity contribution in [3.8, 4) is 12.0 Å². The van der Waals surface area contributed by atoms with Crippen molar-refractivity contribution in [2.24, 2.45) is 5.92 Å². The molecule has 0 aliphatic carbocycles. The van der Waals surface area contributed by atoms with Crippen LogP contribution < -0.4 is 10.1 Å². The van der Waals surface area contributed by atoms with Crippen molar-refractivity contribution < 1.29 is 13.9 Å². The van der Waals surface area contributed by atoms with Crippen LogP contribution in [0.5, 0.6) is 5.95 Å². The number of methoxy groups -OCH3 is 1. The fraction of sp³-hybridized carbons (Fsp3) is 0.368. The highest BCUT2D eigenvalue weighted by molar-refractivity contribution is 5.91. The molecule has 1 aromatic carbocycles. The summed E-state index contributed by atoms with van der Waals surface area (Å²) in [5.41, 5.74) is 1.78. The van der Waals surface area contributed by atoms with Crippen LogP contribution >= 0.6 is 0 Å². The quantitative estimate of drug-likeness (QED) is 0.874. The summed E-state index contributed by atoms with van der Waals surface area (Å²) in [7, 11) is 1.50. The molecular weight excluding hydrogens is 318 g/mol. The third-order valence-corrected chi connectivity index (χ3v) is 4.46. The first-order valence-corrected chi connectivity index (χ1v) is 8.32. The van der Waals surface area contributed by atoms with Gasteiger partial charge in [0.25, 0.3) is 11.9 Å². The summed E-state index contributed by atoms with van der Waals surface area (Å²) in [6, 6.07) is 13.2. The molecule has 0 saturated carbocycles. The number of ether oxygens (including phenoxy) is 1. The lowest BCUT2D eigenvalue weighted by atomic mass is 10.1. The number of nitrogens with zero attached hydrogens (tertiary/aromatic N) is 2. The number of likely N-dealkylation sites (tertiary alicyclic amines) is 1. The van der Waals surface area contributed by atoms with Gasteiger partial charge in [-0.05, 0) is 36.6 Å². The Morgan fingerprint density at radius 3 is 3.00 bits per heavy atom. The lowest BCUT2D eigenvalue weighted by Gasteiger charge is -2.17. The minimum absolute atomic E-state index is 0.225. The van der Waals surface area contributed by atoms with Gasteiger partial charge in [-0.15, -0.1) is 0 Å². The summed E-state index contributed by atoms with van der Waals surface area (Å²) in [6.45, 7) is 3.25. The number of nitrogens with one attached hydrogen (secondary N) is 1. The van der Waals surface area contributed by atoms with E-state index in [-0.39, 0.29) is 11.7 Å². The van der Waals surface area contributed by atoms with Gasteiger partial charge in [0.05, 0.1) is 18.7 Å². The molecule has 2 heterocycles. The molecule has 1 aliphatic heterocycles. The predicted molar refractivity (Wildman–Crippen MR) is 92.1 cm³/mol. The first-order valence-electron chi connectivity index (χ1n) is 8.32. The second-order valence-corrected chi connectivity index (χ2v) is 6.19. The highest BCUT2D eigenvalue weighted by atomic mass is 16.6. The average molecular weight is 339 g/mol. The number of furan rings is 1. The highest BCUT2D eigenvalue weighted by Crippen LogP contribution is 2.20.